The van der Waals surface area contributed by atoms with Gasteiger partial charge in [-0.1, -0.05) is 6.07 Å². The van der Waals surface area contributed by atoms with Gasteiger partial charge in [0.15, 0.2) is 0 Å². The Labute approximate surface area is 167 Å². The van der Waals surface area contributed by atoms with Crippen LogP contribution in [-0.2, 0) is 12.1 Å². The average molecular weight is 441 g/mol. The van der Waals surface area contributed by atoms with Crippen molar-refractivity contribution in [1.29, 1.82) is 0 Å². The predicted molar refractivity (Wildman–Crippen MR) is 93.6 cm³/mol. The molecule has 2 N–H and O–H groups in total. The molecule has 3 nitrogen and oxygen atoms in total. The molecule has 30 heavy (non-hydrogen) atoms. The smallest absolute Gasteiger partial charge is 0.367 e. The van der Waals surface area contributed by atoms with Crippen molar-refractivity contribution >= 4 is 0 Å². The van der Waals surface area contributed by atoms with Gasteiger partial charge in [-0.15, -0.1) is 0 Å². The van der Waals surface area contributed by atoms with Crippen molar-refractivity contribution in [3.05, 3.63) is 65.8 Å². The number of nitrogens with zero attached hydrogens (tertiary/aromatic N) is 1. The van der Waals surface area contributed by atoms with Crippen LogP contribution in [0.3, 0.4) is 0 Å². The Morgan fingerprint density at radius 2 is 1.73 bits per heavy atom. The number of halogens is 8. The van der Waals surface area contributed by atoms with Crippen molar-refractivity contribution in [3.63, 3.8) is 0 Å². The second-order valence-electron chi connectivity index (χ2n) is 6.78. The van der Waals surface area contributed by atoms with E-state index < -0.39 is 23.8 Å². The van der Waals surface area contributed by atoms with E-state index in [-0.39, 0.29) is 17.7 Å². The van der Waals surface area contributed by atoms with Gasteiger partial charge in [-0.25, -0.2) is 0 Å². The van der Waals surface area contributed by atoms with Crippen LogP contribution < -0.4 is 5.32 Å². The SMILES string of the molecule is CC(F)(F)c1ccccn1.FC(F)(F)/C=C1/C2CNC1C2.FC(F)(F)c1cc[nH]c1. The molecule has 3 fully saturated rings. The average Bonchev–Trinajstić information content (AvgIpc) is 3.37. The zero-order valence-electron chi connectivity index (χ0n) is 15.7. The summed E-state index contributed by atoms with van der Waals surface area (Å²) in [5.74, 6) is -2.65. The molecule has 2 aliphatic heterocycles. The van der Waals surface area contributed by atoms with Gasteiger partial charge in [0.05, 0.1) is 5.56 Å². The van der Waals surface area contributed by atoms with Crippen molar-refractivity contribution in [1.82, 2.24) is 15.3 Å². The molecule has 2 saturated heterocycles. The van der Waals surface area contributed by atoms with E-state index in [4.69, 9.17) is 0 Å². The first-order valence-electron chi connectivity index (χ1n) is 8.79. The second kappa shape index (κ2) is 9.15. The number of aromatic nitrogens is 2. The molecule has 0 radical (unpaired) electrons. The molecule has 0 amide bonds. The van der Waals surface area contributed by atoms with Crippen molar-refractivity contribution in [3.8, 4) is 0 Å². The molecule has 0 aromatic carbocycles. The Kier molecular flexibility index (Phi) is 7.27. The molecule has 166 valence electrons. The third-order valence-corrected chi connectivity index (χ3v) is 4.37. The number of alkyl halides is 8. The Hall–Kier alpha value is -2.43. The van der Waals surface area contributed by atoms with Crippen molar-refractivity contribution in [2.45, 2.75) is 37.7 Å². The zero-order valence-corrected chi connectivity index (χ0v) is 15.7. The second-order valence-corrected chi connectivity index (χ2v) is 6.78. The predicted octanol–water partition coefficient (Wildman–Crippen LogP) is 5.69. The highest BCUT2D eigenvalue weighted by Gasteiger charge is 2.43. The van der Waals surface area contributed by atoms with E-state index in [2.05, 4.69) is 15.3 Å². The molecule has 2 atom stereocenters. The highest BCUT2D eigenvalue weighted by atomic mass is 19.4. The lowest BCUT2D eigenvalue weighted by Crippen LogP contribution is -2.29. The van der Waals surface area contributed by atoms with E-state index >= 15 is 0 Å². The van der Waals surface area contributed by atoms with Gasteiger partial charge in [-0.3, -0.25) is 4.98 Å². The Morgan fingerprint density at radius 1 is 1.03 bits per heavy atom. The molecule has 5 rings (SSSR count). The van der Waals surface area contributed by atoms with Crippen LogP contribution >= 0.6 is 0 Å². The maximum atomic E-state index is 12.4. The number of rotatable bonds is 1. The van der Waals surface area contributed by atoms with Crippen LogP contribution in [-0.4, -0.2) is 28.7 Å². The van der Waals surface area contributed by atoms with Gasteiger partial charge in [0, 0.05) is 44.2 Å². The molecule has 1 saturated carbocycles. The summed E-state index contributed by atoms with van der Waals surface area (Å²) in [6.07, 6.45) is -3.48. The maximum absolute atomic E-state index is 12.4. The van der Waals surface area contributed by atoms with Gasteiger partial charge >= 0.3 is 12.4 Å². The van der Waals surface area contributed by atoms with Gasteiger partial charge < -0.3 is 10.3 Å². The Morgan fingerprint density at radius 3 is 2.03 bits per heavy atom. The number of hydrogen-bond acceptors (Lipinski definition) is 2. The lowest BCUT2D eigenvalue weighted by atomic mass is 9.80. The summed E-state index contributed by atoms with van der Waals surface area (Å²) in [7, 11) is 0. The van der Waals surface area contributed by atoms with Crippen LogP contribution in [0.2, 0.25) is 0 Å². The maximum Gasteiger partial charge on any atom is 0.417 e. The lowest BCUT2D eigenvalue weighted by molar-refractivity contribution is -0.137. The van der Waals surface area contributed by atoms with Crippen molar-refractivity contribution in [2.75, 3.05) is 6.54 Å². The quantitative estimate of drug-likeness (QED) is 0.441. The van der Waals surface area contributed by atoms with Gasteiger partial charge in [0.2, 0.25) is 0 Å². The van der Waals surface area contributed by atoms with Crippen molar-refractivity contribution in [2.24, 2.45) is 5.92 Å². The highest BCUT2D eigenvalue weighted by molar-refractivity contribution is 5.30. The zero-order chi connectivity index (χ0) is 22.6. The molecule has 11 heteroatoms. The fourth-order valence-electron chi connectivity index (χ4n) is 2.90. The highest BCUT2D eigenvalue weighted by Crippen LogP contribution is 2.41. The van der Waals surface area contributed by atoms with Crippen LogP contribution in [0.5, 0.6) is 0 Å². The van der Waals surface area contributed by atoms with Crippen LogP contribution in [0.4, 0.5) is 35.1 Å². The monoisotopic (exact) mass is 441 g/mol. The number of aromatic amines is 1. The van der Waals surface area contributed by atoms with Gasteiger partial charge in [0.1, 0.15) is 5.69 Å². The number of allylic oxidation sites excluding steroid dienone is 1. The molecular formula is C19H19F8N3. The number of nitrogens with one attached hydrogen (secondary N) is 2. The van der Waals surface area contributed by atoms with E-state index in [1.165, 1.54) is 18.5 Å². The third-order valence-electron chi connectivity index (χ3n) is 4.37. The normalized spacial score (nSPS) is 21.8. The number of pyridine rings is 1. The molecule has 0 spiro atoms. The summed E-state index contributed by atoms with van der Waals surface area (Å²) in [5.41, 5.74) is -0.269. The molecule has 2 aromatic rings. The van der Waals surface area contributed by atoms with Crippen LogP contribution in [0.15, 0.2) is 54.5 Å². The first kappa shape index (κ1) is 23.8. The summed E-state index contributed by atoms with van der Waals surface area (Å²) < 4.78 is 95.0. The van der Waals surface area contributed by atoms with E-state index in [1.54, 1.807) is 12.1 Å². The molecule has 4 heterocycles. The first-order valence-corrected chi connectivity index (χ1v) is 8.79. The van der Waals surface area contributed by atoms with Crippen LogP contribution in [0, 0.1) is 5.92 Å². The van der Waals surface area contributed by atoms with Crippen LogP contribution in [0.1, 0.15) is 24.6 Å². The first-order chi connectivity index (χ1) is 13.8. The number of fused-ring (bicyclic) bond motifs is 1. The Bertz CT molecular complexity index is 789. The topological polar surface area (TPSA) is 40.7 Å². The molecule has 1 aliphatic carbocycles. The van der Waals surface area contributed by atoms with E-state index in [9.17, 15) is 35.1 Å². The summed E-state index contributed by atoms with van der Waals surface area (Å²) in [5, 5.41) is 3.00. The minimum Gasteiger partial charge on any atom is -0.367 e. The van der Waals surface area contributed by atoms with Gasteiger partial charge in [0.25, 0.3) is 5.92 Å². The Balaban J connectivity index is 0.000000161. The van der Waals surface area contributed by atoms with Crippen molar-refractivity contribution < 1.29 is 35.1 Å². The van der Waals surface area contributed by atoms with E-state index in [0.29, 0.717) is 11.6 Å². The fourth-order valence-corrected chi connectivity index (χ4v) is 2.90. The molecule has 2 bridgehead atoms. The summed E-state index contributed by atoms with van der Waals surface area (Å²) in [6, 6.07) is 5.47. The largest absolute Gasteiger partial charge is 0.417 e. The minimum atomic E-state index is -4.21. The summed E-state index contributed by atoms with van der Waals surface area (Å²) in [6.45, 7) is 1.56. The fraction of sp³-hybridized carbons (Fsp3) is 0.421. The molecule has 2 unspecified atom stereocenters. The minimum absolute atomic E-state index is 0.0293. The van der Waals surface area contributed by atoms with Gasteiger partial charge in [-0.2, -0.15) is 35.1 Å². The van der Waals surface area contributed by atoms with E-state index in [0.717, 1.165) is 32.2 Å². The standard InChI is InChI=1S/C7H8F3N.C7H7F2N.C5H4F3N/c8-7(9,10)2-5-4-1-6(5)11-3-4;1-7(8,9)6-4-2-3-5-10-6;6-5(7,8)4-1-2-9-3-4/h2,4,6,11H,1,3H2;2-5H,1H3;1-3,9H/b5-2-;;. The molecule has 3 aliphatic rings. The van der Waals surface area contributed by atoms with Crippen LogP contribution in [0.25, 0.3) is 0 Å². The number of hydrogen-bond donors (Lipinski definition) is 2. The molecule has 2 aromatic heterocycles. The number of H-pyrrole nitrogens is 1. The summed E-state index contributed by atoms with van der Waals surface area (Å²) in [4.78, 5) is 5.82. The molecular weight excluding hydrogens is 422 g/mol. The third kappa shape index (κ3) is 7.12. The van der Waals surface area contributed by atoms with Gasteiger partial charge in [-0.05, 0) is 36.1 Å². The lowest BCUT2D eigenvalue weighted by Gasteiger charge is -2.26. The summed E-state index contributed by atoms with van der Waals surface area (Å²) >= 11 is 0. The van der Waals surface area contributed by atoms with E-state index in [1.807, 2.05) is 0 Å².